The Hall–Kier alpha value is -1.96. The molecule has 0 aromatic carbocycles. The Bertz CT molecular complexity index is 405. The van der Waals surface area contributed by atoms with Gasteiger partial charge in [0.15, 0.2) is 0 Å². The van der Waals surface area contributed by atoms with Crippen molar-refractivity contribution in [2.24, 2.45) is 0 Å². The minimum absolute atomic E-state index is 0.689. The Morgan fingerprint density at radius 2 is 1.18 bits per heavy atom. The highest BCUT2D eigenvalue weighted by Gasteiger charge is 1.81. The third-order valence-corrected chi connectivity index (χ3v) is 1.95. The standard InChI is InChI=1S/C15H18O2/c1-13(7-5-9-15(3)12-17)6-4-8-14(2)10-11-16/h4-12H,1-3H3. The van der Waals surface area contributed by atoms with E-state index in [-0.39, 0.29) is 0 Å². The molecule has 0 aliphatic rings. The van der Waals surface area contributed by atoms with Crippen LogP contribution in [0.5, 0.6) is 0 Å². The topological polar surface area (TPSA) is 34.1 Å². The molecule has 0 aromatic rings. The predicted molar refractivity (Wildman–Crippen MR) is 71.7 cm³/mol. The summed E-state index contributed by atoms with van der Waals surface area (Å²) in [5.41, 5.74) is 2.66. The van der Waals surface area contributed by atoms with Crippen LogP contribution in [-0.4, -0.2) is 12.6 Å². The molecule has 0 fully saturated rings. The minimum atomic E-state index is 0.689. The summed E-state index contributed by atoms with van der Waals surface area (Å²) in [4.78, 5) is 20.5. The van der Waals surface area contributed by atoms with Gasteiger partial charge in [0.25, 0.3) is 0 Å². The van der Waals surface area contributed by atoms with E-state index in [1.165, 1.54) is 6.08 Å². The molecule has 0 aromatic heterocycles. The van der Waals surface area contributed by atoms with E-state index in [2.05, 4.69) is 0 Å². The van der Waals surface area contributed by atoms with Gasteiger partial charge in [-0.05, 0) is 38.0 Å². The van der Waals surface area contributed by atoms with Crippen LogP contribution in [0.3, 0.4) is 0 Å². The number of carbonyl (C=O) groups is 2. The quantitative estimate of drug-likeness (QED) is 0.398. The van der Waals surface area contributed by atoms with E-state index in [1.54, 1.807) is 13.0 Å². The molecular weight excluding hydrogens is 212 g/mol. The summed E-state index contributed by atoms with van der Waals surface area (Å²) in [6, 6.07) is 0. The van der Waals surface area contributed by atoms with Gasteiger partial charge in [0.2, 0.25) is 0 Å². The number of carbonyl (C=O) groups excluding carboxylic acids is 2. The van der Waals surface area contributed by atoms with Crippen molar-refractivity contribution in [3.63, 3.8) is 0 Å². The van der Waals surface area contributed by atoms with Crippen LogP contribution in [0.4, 0.5) is 0 Å². The van der Waals surface area contributed by atoms with E-state index in [0.717, 1.165) is 23.7 Å². The zero-order valence-electron chi connectivity index (χ0n) is 10.5. The molecule has 0 saturated heterocycles. The third kappa shape index (κ3) is 9.00. The molecule has 90 valence electrons. The number of allylic oxidation sites excluding steroid dienone is 10. The molecule has 0 rings (SSSR count). The van der Waals surface area contributed by atoms with Gasteiger partial charge < -0.3 is 0 Å². The zero-order chi connectivity index (χ0) is 13.1. The van der Waals surface area contributed by atoms with Crippen molar-refractivity contribution in [1.29, 1.82) is 0 Å². The van der Waals surface area contributed by atoms with Gasteiger partial charge in [0, 0.05) is 0 Å². The molecule has 17 heavy (non-hydrogen) atoms. The van der Waals surface area contributed by atoms with E-state index in [9.17, 15) is 9.59 Å². The summed E-state index contributed by atoms with van der Waals surface area (Å²) in [7, 11) is 0. The lowest BCUT2D eigenvalue weighted by atomic mass is 10.2. The molecule has 0 N–H and O–H groups in total. The van der Waals surface area contributed by atoms with Gasteiger partial charge >= 0.3 is 0 Å². The van der Waals surface area contributed by atoms with Gasteiger partial charge in [-0.2, -0.15) is 0 Å². The molecule has 0 unspecified atom stereocenters. The van der Waals surface area contributed by atoms with E-state index in [1.807, 2.05) is 44.2 Å². The summed E-state index contributed by atoms with van der Waals surface area (Å²) < 4.78 is 0. The summed E-state index contributed by atoms with van der Waals surface area (Å²) in [6.07, 6.45) is 14.3. The van der Waals surface area contributed by atoms with Crippen LogP contribution in [0.2, 0.25) is 0 Å². The Kier molecular flexibility index (Phi) is 8.21. The fourth-order valence-electron chi connectivity index (χ4n) is 0.961. The molecule has 0 spiro atoms. The van der Waals surface area contributed by atoms with Crippen molar-refractivity contribution in [3.05, 3.63) is 59.3 Å². The lowest BCUT2D eigenvalue weighted by Crippen LogP contribution is -1.73. The van der Waals surface area contributed by atoms with Crippen LogP contribution in [0.1, 0.15) is 20.8 Å². The van der Waals surface area contributed by atoms with Crippen molar-refractivity contribution in [2.45, 2.75) is 20.8 Å². The Balaban J connectivity index is 4.42. The van der Waals surface area contributed by atoms with Crippen LogP contribution in [0.15, 0.2) is 59.3 Å². The van der Waals surface area contributed by atoms with Crippen molar-refractivity contribution >= 4 is 12.6 Å². The van der Waals surface area contributed by atoms with Gasteiger partial charge in [0.05, 0.1) is 0 Å². The monoisotopic (exact) mass is 230 g/mol. The maximum Gasteiger partial charge on any atom is 0.145 e. The number of hydrogen-bond donors (Lipinski definition) is 0. The lowest BCUT2D eigenvalue weighted by molar-refractivity contribution is -0.105. The van der Waals surface area contributed by atoms with Gasteiger partial charge in [-0.15, -0.1) is 0 Å². The molecular formula is C15H18O2. The SMILES string of the molecule is CC(C=O)=CC=CC(C)=CC=CC(C)=CC=O. The Labute approximate surface area is 103 Å². The smallest absolute Gasteiger partial charge is 0.145 e. The number of aldehydes is 2. The maximum absolute atomic E-state index is 10.3. The lowest BCUT2D eigenvalue weighted by Gasteiger charge is -1.88. The molecule has 0 saturated carbocycles. The van der Waals surface area contributed by atoms with Crippen molar-refractivity contribution in [2.75, 3.05) is 0 Å². The minimum Gasteiger partial charge on any atom is -0.299 e. The molecule has 0 bridgehead atoms. The van der Waals surface area contributed by atoms with Gasteiger partial charge in [-0.25, -0.2) is 0 Å². The molecule has 0 aliphatic carbocycles. The van der Waals surface area contributed by atoms with Gasteiger partial charge in [-0.1, -0.05) is 42.0 Å². The van der Waals surface area contributed by atoms with Gasteiger partial charge in [-0.3, -0.25) is 9.59 Å². The Morgan fingerprint density at radius 3 is 1.65 bits per heavy atom. The summed E-state index contributed by atoms with van der Waals surface area (Å²) in [5.74, 6) is 0. The molecule has 0 amide bonds. The maximum atomic E-state index is 10.3. The summed E-state index contributed by atoms with van der Waals surface area (Å²) in [6.45, 7) is 5.58. The zero-order valence-corrected chi connectivity index (χ0v) is 10.5. The van der Waals surface area contributed by atoms with Crippen LogP contribution < -0.4 is 0 Å². The first kappa shape index (κ1) is 15.0. The highest BCUT2D eigenvalue weighted by atomic mass is 16.1. The third-order valence-electron chi connectivity index (χ3n) is 1.95. The van der Waals surface area contributed by atoms with Crippen molar-refractivity contribution in [3.8, 4) is 0 Å². The highest BCUT2D eigenvalue weighted by molar-refractivity contribution is 5.72. The average molecular weight is 230 g/mol. The van der Waals surface area contributed by atoms with Crippen LogP contribution in [0.25, 0.3) is 0 Å². The number of hydrogen-bond acceptors (Lipinski definition) is 2. The first-order valence-corrected chi connectivity index (χ1v) is 5.37. The fraction of sp³-hybridized carbons (Fsp3) is 0.200. The first-order chi connectivity index (χ1) is 8.10. The van der Waals surface area contributed by atoms with Crippen molar-refractivity contribution < 1.29 is 9.59 Å². The van der Waals surface area contributed by atoms with E-state index in [4.69, 9.17) is 0 Å². The molecule has 0 heterocycles. The molecule has 2 heteroatoms. The van der Waals surface area contributed by atoms with Crippen molar-refractivity contribution in [1.82, 2.24) is 0 Å². The van der Waals surface area contributed by atoms with E-state index >= 15 is 0 Å². The second-order valence-electron chi connectivity index (χ2n) is 3.70. The highest BCUT2D eigenvalue weighted by Crippen LogP contribution is 1.99. The summed E-state index contributed by atoms with van der Waals surface area (Å²) >= 11 is 0. The molecule has 0 atom stereocenters. The van der Waals surface area contributed by atoms with E-state index < -0.39 is 0 Å². The van der Waals surface area contributed by atoms with Crippen LogP contribution in [-0.2, 0) is 9.59 Å². The average Bonchev–Trinajstić information content (AvgIpc) is 2.29. The first-order valence-electron chi connectivity index (χ1n) is 5.37. The summed E-state index contributed by atoms with van der Waals surface area (Å²) in [5, 5.41) is 0. The second kappa shape index (κ2) is 9.28. The van der Waals surface area contributed by atoms with Crippen LogP contribution >= 0.6 is 0 Å². The molecule has 0 radical (unpaired) electrons. The van der Waals surface area contributed by atoms with Gasteiger partial charge in [0.1, 0.15) is 12.6 Å². The number of rotatable bonds is 6. The molecule has 0 aliphatic heterocycles. The predicted octanol–water partition coefficient (Wildman–Crippen LogP) is 3.34. The largest absolute Gasteiger partial charge is 0.299 e. The van der Waals surface area contributed by atoms with E-state index in [0.29, 0.717) is 5.57 Å². The molecule has 2 nitrogen and oxygen atoms in total. The van der Waals surface area contributed by atoms with Crippen LogP contribution in [0, 0.1) is 0 Å². The fourth-order valence-corrected chi connectivity index (χ4v) is 0.961. The Morgan fingerprint density at radius 1 is 0.706 bits per heavy atom. The normalized spacial score (nSPS) is 14.6. The second-order valence-corrected chi connectivity index (χ2v) is 3.70.